The van der Waals surface area contributed by atoms with Crippen LogP contribution in [-0.2, 0) is 16.6 Å². The maximum absolute atomic E-state index is 11.9. The van der Waals surface area contributed by atoms with Gasteiger partial charge in [-0.3, -0.25) is 0 Å². The van der Waals surface area contributed by atoms with Crippen LogP contribution >= 0.6 is 0 Å². The molecule has 0 unspecified atom stereocenters. The van der Waals surface area contributed by atoms with Gasteiger partial charge in [0, 0.05) is 19.2 Å². The Hall–Kier alpha value is -0.880. The van der Waals surface area contributed by atoms with Crippen molar-refractivity contribution in [3.8, 4) is 0 Å². The molecule has 1 aromatic heterocycles. The quantitative estimate of drug-likeness (QED) is 0.807. The van der Waals surface area contributed by atoms with Gasteiger partial charge in [0.05, 0.1) is 10.9 Å². The third-order valence-corrected chi connectivity index (χ3v) is 4.78. The molecule has 0 aliphatic rings. The normalized spacial score (nSPS) is 12.7. The summed E-state index contributed by atoms with van der Waals surface area (Å²) in [5.41, 5.74) is 1.58. The molecular formula is C10H18N2O3S. The van der Waals surface area contributed by atoms with Crippen LogP contribution in [0.25, 0.3) is 0 Å². The molecular weight excluding hydrogens is 228 g/mol. The number of hydrogen-bond acceptors (Lipinski definition) is 4. The highest BCUT2D eigenvalue weighted by atomic mass is 32.2. The van der Waals surface area contributed by atoms with Gasteiger partial charge >= 0.3 is 0 Å². The second-order valence-electron chi connectivity index (χ2n) is 4.15. The summed E-state index contributed by atoms with van der Waals surface area (Å²) in [6, 6.07) is 0. The Morgan fingerprint density at radius 1 is 1.38 bits per heavy atom. The van der Waals surface area contributed by atoms with Gasteiger partial charge in [-0.25, -0.2) is 12.7 Å². The Labute approximate surface area is 96.5 Å². The van der Waals surface area contributed by atoms with E-state index in [-0.39, 0.29) is 0 Å². The highest BCUT2D eigenvalue weighted by Gasteiger charge is 2.24. The summed E-state index contributed by atoms with van der Waals surface area (Å²) in [7, 11) is -1.65. The van der Waals surface area contributed by atoms with Gasteiger partial charge in [-0.1, -0.05) is 5.16 Å². The van der Waals surface area contributed by atoms with Crippen LogP contribution in [-0.4, -0.2) is 30.2 Å². The molecule has 0 aromatic carbocycles. The monoisotopic (exact) mass is 246 g/mol. The molecule has 0 atom stereocenters. The topological polar surface area (TPSA) is 63.4 Å². The Balaban J connectivity index is 2.92. The Bertz CT molecular complexity index is 443. The van der Waals surface area contributed by atoms with Crippen molar-refractivity contribution in [3.05, 3.63) is 17.0 Å². The predicted molar refractivity (Wildman–Crippen MR) is 61.5 cm³/mol. The molecule has 0 saturated carbocycles. The fourth-order valence-corrected chi connectivity index (χ4v) is 2.43. The molecule has 1 rings (SSSR count). The van der Waals surface area contributed by atoms with Gasteiger partial charge in [0.1, 0.15) is 5.76 Å². The summed E-state index contributed by atoms with van der Waals surface area (Å²) < 4.78 is 30.0. The second kappa shape index (κ2) is 4.55. The smallest absolute Gasteiger partial charge is 0.216 e. The molecule has 92 valence electrons. The molecule has 0 fully saturated rings. The van der Waals surface area contributed by atoms with Crippen LogP contribution in [0.3, 0.4) is 0 Å². The minimum Gasteiger partial charge on any atom is -0.361 e. The SMILES string of the molecule is Cc1noc(C)c1CN(C)S(=O)(=O)C(C)C. The van der Waals surface area contributed by atoms with Gasteiger partial charge in [-0.05, 0) is 27.7 Å². The first kappa shape index (κ1) is 13.2. The molecule has 0 radical (unpaired) electrons. The van der Waals surface area contributed by atoms with E-state index < -0.39 is 15.3 Å². The van der Waals surface area contributed by atoms with E-state index in [0.29, 0.717) is 12.3 Å². The number of nitrogens with zero attached hydrogens (tertiary/aromatic N) is 2. The van der Waals surface area contributed by atoms with E-state index in [1.807, 2.05) is 6.92 Å². The molecule has 0 aliphatic carbocycles. The number of aryl methyl sites for hydroxylation is 2. The third-order valence-electron chi connectivity index (χ3n) is 2.59. The van der Waals surface area contributed by atoms with Gasteiger partial charge in [0.2, 0.25) is 10.0 Å². The molecule has 5 nitrogen and oxygen atoms in total. The average Bonchev–Trinajstić information content (AvgIpc) is 2.49. The fraction of sp³-hybridized carbons (Fsp3) is 0.700. The van der Waals surface area contributed by atoms with Crippen LogP contribution in [0.2, 0.25) is 0 Å². The van der Waals surface area contributed by atoms with E-state index in [2.05, 4.69) is 5.16 Å². The van der Waals surface area contributed by atoms with Crippen molar-refractivity contribution in [2.24, 2.45) is 0 Å². The zero-order valence-electron chi connectivity index (χ0n) is 10.3. The molecule has 0 aliphatic heterocycles. The van der Waals surface area contributed by atoms with Crippen molar-refractivity contribution >= 4 is 10.0 Å². The van der Waals surface area contributed by atoms with Gasteiger partial charge in [-0.2, -0.15) is 0 Å². The second-order valence-corrected chi connectivity index (χ2v) is 6.75. The Morgan fingerprint density at radius 3 is 2.31 bits per heavy atom. The van der Waals surface area contributed by atoms with Crippen molar-refractivity contribution in [3.63, 3.8) is 0 Å². The number of rotatable bonds is 4. The lowest BCUT2D eigenvalue weighted by molar-refractivity contribution is 0.389. The maximum Gasteiger partial charge on any atom is 0.216 e. The van der Waals surface area contributed by atoms with Crippen molar-refractivity contribution in [2.45, 2.75) is 39.5 Å². The van der Waals surface area contributed by atoms with Crippen LogP contribution in [0.1, 0.15) is 30.9 Å². The Morgan fingerprint density at radius 2 is 1.94 bits per heavy atom. The van der Waals surface area contributed by atoms with E-state index in [1.54, 1.807) is 27.8 Å². The number of hydrogen-bond donors (Lipinski definition) is 0. The summed E-state index contributed by atoms with van der Waals surface area (Å²) in [5, 5.41) is 3.38. The first-order chi connectivity index (χ1) is 7.26. The van der Waals surface area contributed by atoms with Crippen LogP contribution in [0.4, 0.5) is 0 Å². The maximum atomic E-state index is 11.9. The molecule has 16 heavy (non-hydrogen) atoms. The minimum atomic E-state index is -3.22. The van der Waals surface area contributed by atoms with Crippen molar-refractivity contribution < 1.29 is 12.9 Å². The molecule has 0 N–H and O–H groups in total. The standard InChI is InChI=1S/C10H18N2O3S/c1-7(2)16(13,14)12(5)6-10-8(3)11-15-9(10)4/h7H,6H2,1-5H3. The third kappa shape index (κ3) is 2.44. The molecule has 0 bridgehead atoms. The average molecular weight is 246 g/mol. The minimum absolute atomic E-state index is 0.307. The van der Waals surface area contributed by atoms with Gasteiger partial charge in [0.15, 0.2) is 0 Å². The summed E-state index contributed by atoms with van der Waals surface area (Å²) >= 11 is 0. The molecule has 1 heterocycles. The molecule has 0 saturated heterocycles. The lowest BCUT2D eigenvalue weighted by Crippen LogP contribution is -2.32. The van der Waals surface area contributed by atoms with Crippen molar-refractivity contribution in [1.82, 2.24) is 9.46 Å². The highest BCUT2D eigenvalue weighted by Crippen LogP contribution is 2.17. The molecule has 0 spiro atoms. The Kier molecular flexibility index (Phi) is 3.75. The van der Waals surface area contributed by atoms with Gasteiger partial charge in [-0.15, -0.1) is 0 Å². The molecule has 6 heteroatoms. The van der Waals surface area contributed by atoms with Crippen molar-refractivity contribution in [1.29, 1.82) is 0 Å². The van der Waals surface area contributed by atoms with Gasteiger partial charge < -0.3 is 4.52 Å². The predicted octanol–water partition coefficient (Wildman–Crippen LogP) is 1.46. The number of aromatic nitrogens is 1. The van der Waals surface area contributed by atoms with E-state index in [1.165, 1.54) is 4.31 Å². The van der Waals surface area contributed by atoms with Crippen LogP contribution in [0, 0.1) is 13.8 Å². The lowest BCUT2D eigenvalue weighted by atomic mass is 10.2. The molecule has 0 amide bonds. The zero-order chi connectivity index (χ0) is 12.5. The first-order valence-electron chi connectivity index (χ1n) is 5.13. The highest BCUT2D eigenvalue weighted by molar-refractivity contribution is 7.89. The first-order valence-corrected chi connectivity index (χ1v) is 6.64. The summed E-state index contributed by atoms with van der Waals surface area (Å²) in [4.78, 5) is 0. The van der Waals surface area contributed by atoms with Crippen LogP contribution < -0.4 is 0 Å². The van der Waals surface area contributed by atoms with E-state index in [0.717, 1.165) is 11.3 Å². The molecule has 1 aromatic rings. The summed E-state index contributed by atoms with van der Waals surface area (Å²) in [5.74, 6) is 0.670. The number of sulfonamides is 1. The van der Waals surface area contributed by atoms with E-state index >= 15 is 0 Å². The van der Waals surface area contributed by atoms with E-state index in [4.69, 9.17) is 4.52 Å². The largest absolute Gasteiger partial charge is 0.361 e. The van der Waals surface area contributed by atoms with Crippen LogP contribution in [0.15, 0.2) is 4.52 Å². The lowest BCUT2D eigenvalue weighted by Gasteiger charge is -2.19. The van der Waals surface area contributed by atoms with Crippen molar-refractivity contribution in [2.75, 3.05) is 7.05 Å². The summed E-state index contributed by atoms with van der Waals surface area (Å²) in [6.07, 6.45) is 0. The fourth-order valence-electron chi connectivity index (χ4n) is 1.40. The summed E-state index contributed by atoms with van der Waals surface area (Å²) in [6.45, 7) is 7.23. The van der Waals surface area contributed by atoms with E-state index in [9.17, 15) is 8.42 Å². The van der Waals surface area contributed by atoms with Crippen LogP contribution in [0.5, 0.6) is 0 Å². The zero-order valence-corrected chi connectivity index (χ0v) is 11.1. The van der Waals surface area contributed by atoms with Gasteiger partial charge in [0.25, 0.3) is 0 Å².